The van der Waals surface area contributed by atoms with Crippen molar-refractivity contribution >= 4 is 51.9 Å². The zero-order valence-corrected chi connectivity index (χ0v) is 12.9. The molecule has 0 saturated heterocycles. The monoisotopic (exact) mass is 327 g/mol. The van der Waals surface area contributed by atoms with Gasteiger partial charge in [0, 0.05) is 21.3 Å². The molecule has 0 aliphatic carbocycles. The maximum atomic E-state index is 6.05. The van der Waals surface area contributed by atoms with Gasteiger partial charge in [-0.1, -0.05) is 34.8 Å². The first-order valence-corrected chi connectivity index (χ1v) is 6.91. The van der Waals surface area contributed by atoms with E-state index in [1.54, 1.807) is 36.4 Å². The van der Waals surface area contributed by atoms with Crippen LogP contribution in [0, 0.1) is 0 Å². The van der Waals surface area contributed by atoms with E-state index in [2.05, 4.69) is 10.5 Å². The van der Waals surface area contributed by atoms with E-state index < -0.39 is 0 Å². The summed E-state index contributed by atoms with van der Waals surface area (Å²) >= 11 is 17.8. The highest BCUT2D eigenvalue weighted by atomic mass is 35.5. The van der Waals surface area contributed by atoms with Gasteiger partial charge in [0.15, 0.2) is 0 Å². The molecule has 0 heterocycles. The van der Waals surface area contributed by atoms with Crippen LogP contribution in [0.15, 0.2) is 41.5 Å². The lowest BCUT2D eigenvalue weighted by Crippen LogP contribution is -2.04. The summed E-state index contributed by atoms with van der Waals surface area (Å²) < 4.78 is 0. The van der Waals surface area contributed by atoms with Gasteiger partial charge in [0.25, 0.3) is 0 Å². The number of nitrogen functional groups attached to an aromatic ring is 1. The Balaban J connectivity index is 2.24. The standard InChI is InChI=1S/C14H12Cl3N3/c1-8(11-6-9(15)2-4-13(11)18)19-20-14-5-3-10(16)7-12(14)17/h2-7,20H,18H2,1H3/b19-8+. The Morgan fingerprint density at radius 2 is 1.70 bits per heavy atom. The normalized spacial score (nSPS) is 11.5. The topological polar surface area (TPSA) is 50.4 Å². The van der Waals surface area contributed by atoms with Crippen LogP contribution in [-0.2, 0) is 0 Å². The number of benzene rings is 2. The first-order valence-electron chi connectivity index (χ1n) is 5.78. The van der Waals surface area contributed by atoms with Crippen molar-refractivity contribution < 1.29 is 0 Å². The zero-order chi connectivity index (χ0) is 14.7. The second-order valence-corrected chi connectivity index (χ2v) is 5.44. The van der Waals surface area contributed by atoms with Crippen molar-refractivity contribution in [2.75, 3.05) is 11.2 Å². The molecular weight excluding hydrogens is 317 g/mol. The van der Waals surface area contributed by atoms with Crippen molar-refractivity contribution in [3.63, 3.8) is 0 Å². The molecule has 0 radical (unpaired) electrons. The highest BCUT2D eigenvalue weighted by molar-refractivity contribution is 6.36. The van der Waals surface area contributed by atoms with E-state index in [4.69, 9.17) is 40.5 Å². The number of nitrogens with one attached hydrogen (secondary N) is 1. The summed E-state index contributed by atoms with van der Waals surface area (Å²) in [6.07, 6.45) is 0. The molecule has 0 atom stereocenters. The molecule has 0 saturated carbocycles. The average Bonchev–Trinajstić information content (AvgIpc) is 2.40. The maximum absolute atomic E-state index is 6.05. The molecule has 0 aliphatic rings. The molecule has 3 nitrogen and oxygen atoms in total. The van der Waals surface area contributed by atoms with Crippen molar-refractivity contribution in [1.29, 1.82) is 0 Å². The summed E-state index contributed by atoms with van der Waals surface area (Å²) in [5, 5.41) is 5.93. The van der Waals surface area contributed by atoms with E-state index >= 15 is 0 Å². The van der Waals surface area contributed by atoms with Crippen LogP contribution in [0.2, 0.25) is 15.1 Å². The molecule has 0 aromatic heterocycles. The number of hydrogen-bond acceptors (Lipinski definition) is 3. The van der Waals surface area contributed by atoms with Gasteiger partial charge < -0.3 is 5.73 Å². The minimum absolute atomic E-state index is 0.494. The number of nitrogens with two attached hydrogens (primary N) is 1. The number of anilines is 2. The molecule has 3 N–H and O–H groups in total. The Kier molecular flexibility index (Phi) is 4.76. The molecule has 0 spiro atoms. The number of hydrogen-bond donors (Lipinski definition) is 2. The fourth-order valence-electron chi connectivity index (χ4n) is 1.63. The number of rotatable bonds is 3. The summed E-state index contributed by atoms with van der Waals surface area (Å²) in [7, 11) is 0. The Morgan fingerprint density at radius 3 is 2.40 bits per heavy atom. The number of nitrogens with zero attached hydrogens (tertiary/aromatic N) is 1. The molecule has 0 unspecified atom stereocenters. The lowest BCUT2D eigenvalue weighted by Gasteiger charge is -2.08. The smallest absolute Gasteiger partial charge is 0.0749 e. The molecule has 2 aromatic carbocycles. The van der Waals surface area contributed by atoms with E-state index in [9.17, 15) is 0 Å². The highest BCUT2D eigenvalue weighted by Crippen LogP contribution is 2.25. The van der Waals surface area contributed by atoms with Crippen LogP contribution < -0.4 is 11.2 Å². The Labute approximate surface area is 132 Å². The van der Waals surface area contributed by atoms with Crippen LogP contribution in [0.25, 0.3) is 0 Å². The second-order valence-electron chi connectivity index (χ2n) is 4.16. The maximum Gasteiger partial charge on any atom is 0.0749 e. The van der Waals surface area contributed by atoms with Gasteiger partial charge in [-0.3, -0.25) is 5.43 Å². The number of halogens is 3. The first-order chi connectivity index (χ1) is 9.47. The van der Waals surface area contributed by atoms with E-state index in [1.807, 2.05) is 6.92 Å². The minimum Gasteiger partial charge on any atom is -0.398 e. The molecule has 2 rings (SSSR count). The third-order valence-corrected chi connectivity index (χ3v) is 3.46. The Morgan fingerprint density at radius 1 is 1.05 bits per heavy atom. The predicted octanol–water partition coefficient (Wildman–Crippen LogP) is 5.07. The van der Waals surface area contributed by atoms with Crippen LogP contribution >= 0.6 is 34.8 Å². The summed E-state index contributed by atoms with van der Waals surface area (Å²) in [6, 6.07) is 10.4. The van der Waals surface area contributed by atoms with Gasteiger partial charge in [-0.2, -0.15) is 5.10 Å². The lowest BCUT2D eigenvalue weighted by atomic mass is 10.1. The molecule has 0 amide bonds. The van der Waals surface area contributed by atoms with Crippen molar-refractivity contribution in [3.8, 4) is 0 Å². The van der Waals surface area contributed by atoms with Crippen molar-refractivity contribution in [1.82, 2.24) is 0 Å². The van der Waals surface area contributed by atoms with Crippen molar-refractivity contribution in [2.45, 2.75) is 6.92 Å². The second kappa shape index (κ2) is 6.35. The van der Waals surface area contributed by atoms with Crippen LogP contribution in [0.3, 0.4) is 0 Å². The summed E-state index contributed by atoms with van der Waals surface area (Å²) in [5.74, 6) is 0. The summed E-state index contributed by atoms with van der Waals surface area (Å²) in [6.45, 7) is 1.83. The first kappa shape index (κ1) is 15.0. The fourth-order valence-corrected chi connectivity index (χ4v) is 2.25. The van der Waals surface area contributed by atoms with E-state index in [0.29, 0.717) is 32.2 Å². The van der Waals surface area contributed by atoms with E-state index in [-0.39, 0.29) is 0 Å². The molecule has 0 aliphatic heterocycles. The Bertz CT molecular complexity index is 669. The largest absolute Gasteiger partial charge is 0.398 e. The fraction of sp³-hybridized carbons (Fsp3) is 0.0714. The van der Waals surface area contributed by atoms with Gasteiger partial charge >= 0.3 is 0 Å². The minimum atomic E-state index is 0.494. The van der Waals surface area contributed by atoms with E-state index in [1.165, 1.54) is 0 Å². The van der Waals surface area contributed by atoms with Crippen molar-refractivity contribution in [2.24, 2.45) is 5.10 Å². The highest BCUT2D eigenvalue weighted by Gasteiger charge is 2.05. The molecule has 2 aromatic rings. The van der Waals surface area contributed by atoms with Gasteiger partial charge in [-0.15, -0.1) is 0 Å². The predicted molar refractivity (Wildman–Crippen MR) is 88.2 cm³/mol. The van der Waals surface area contributed by atoms with Crippen LogP contribution in [0.5, 0.6) is 0 Å². The van der Waals surface area contributed by atoms with Gasteiger partial charge in [0.05, 0.1) is 16.4 Å². The Hall–Kier alpha value is -1.42. The summed E-state index contributed by atoms with van der Waals surface area (Å²) in [5.41, 5.74) is 11.5. The van der Waals surface area contributed by atoms with Gasteiger partial charge in [-0.05, 0) is 43.3 Å². The average molecular weight is 329 g/mol. The zero-order valence-electron chi connectivity index (χ0n) is 10.6. The van der Waals surface area contributed by atoms with Gasteiger partial charge in [0.2, 0.25) is 0 Å². The van der Waals surface area contributed by atoms with Crippen molar-refractivity contribution in [3.05, 3.63) is 57.0 Å². The van der Waals surface area contributed by atoms with E-state index in [0.717, 1.165) is 5.56 Å². The van der Waals surface area contributed by atoms with Gasteiger partial charge in [-0.25, -0.2) is 0 Å². The third kappa shape index (κ3) is 3.57. The number of hydrazone groups is 1. The third-order valence-electron chi connectivity index (χ3n) is 2.68. The quantitative estimate of drug-likeness (QED) is 0.470. The molecule has 0 fully saturated rings. The molecule has 0 bridgehead atoms. The molecular formula is C14H12Cl3N3. The van der Waals surface area contributed by atoms with Gasteiger partial charge in [0.1, 0.15) is 0 Å². The summed E-state index contributed by atoms with van der Waals surface area (Å²) in [4.78, 5) is 0. The van der Waals surface area contributed by atoms with Crippen LogP contribution in [0.1, 0.15) is 12.5 Å². The SMILES string of the molecule is C/C(=N\Nc1ccc(Cl)cc1Cl)c1cc(Cl)ccc1N. The molecule has 104 valence electrons. The molecule has 6 heteroatoms. The van der Waals surface area contributed by atoms with Crippen LogP contribution in [-0.4, -0.2) is 5.71 Å². The van der Waals surface area contributed by atoms with Crippen LogP contribution in [0.4, 0.5) is 11.4 Å². The lowest BCUT2D eigenvalue weighted by molar-refractivity contribution is 1.32. The molecule has 20 heavy (non-hydrogen) atoms.